The summed E-state index contributed by atoms with van der Waals surface area (Å²) in [5.41, 5.74) is 0. The molecule has 0 saturated carbocycles. The quantitative estimate of drug-likeness (QED) is 0.491. The average Bonchev–Trinajstić information content (AvgIpc) is 1.57. The van der Waals surface area contributed by atoms with Gasteiger partial charge >= 0.3 is 35.0 Å². The summed E-state index contributed by atoms with van der Waals surface area (Å²) in [5.74, 6) is 0. The van der Waals surface area contributed by atoms with Crippen LogP contribution >= 0.6 is 0 Å². The number of nitrogens with one attached hydrogen (secondary N) is 1. The summed E-state index contributed by atoms with van der Waals surface area (Å²) in [5, 5.41) is 6.20. The molecule has 70 valence electrons. The van der Waals surface area contributed by atoms with E-state index >= 15 is 0 Å². The summed E-state index contributed by atoms with van der Waals surface area (Å²) in [4.78, 5) is 0. The Morgan fingerprint density at radius 3 is 1.18 bits per heavy atom. The minimum atomic E-state index is -11.1. The van der Waals surface area contributed by atoms with Gasteiger partial charge < -0.3 is 0 Å². The van der Waals surface area contributed by atoms with E-state index in [1.54, 1.807) is 0 Å². The summed E-state index contributed by atoms with van der Waals surface area (Å²) >= 11 is -11.1. The molecule has 0 unspecified atom stereocenters. The molecule has 0 bridgehead atoms. The van der Waals surface area contributed by atoms with E-state index in [0.29, 0.717) is 0 Å². The third-order valence-electron chi connectivity index (χ3n) is 0.177. The molecule has 0 atom stereocenters. The van der Waals surface area contributed by atoms with Crippen LogP contribution in [-0.2, 0) is 0 Å². The van der Waals surface area contributed by atoms with Crippen molar-refractivity contribution in [2.75, 3.05) is 0 Å². The van der Waals surface area contributed by atoms with Gasteiger partial charge in [0.1, 0.15) is 0 Å². The molecule has 11 heavy (non-hydrogen) atoms. The van der Waals surface area contributed by atoms with Crippen molar-refractivity contribution in [3.05, 3.63) is 0 Å². The Kier molecular flexibility index (Phi) is 3.12. The molecule has 0 fully saturated rings. The fourth-order valence-electron chi connectivity index (χ4n) is 0. The first-order valence-corrected chi connectivity index (χ1v) is 6.58. The molecule has 0 aromatic carbocycles. The van der Waals surface area contributed by atoms with Crippen LogP contribution in [0.25, 0.3) is 0 Å². The SMILES string of the molecule is CCC#[NH+].F[As-](F)(F)(F)(F)F. The molecule has 0 heterocycles. The zero-order valence-electron chi connectivity index (χ0n) is 5.42. The van der Waals surface area contributed by atoms with Gasteiger partial charge in [-0.2, -0.15) is 0 Å². The zero-order valence-corrected chi connectivity index (χ0v) is 7.30. The van der Waals surface area contributed by atoms with E-state index in [9.17, 15) is 20.8 Å². The maximum absolute atomic E-state index is 11.1. The Bertz CT molecular complexity index is 146. The first kappa shape index (κ1) is 13.2. The molecule has 0 aliphatic heterocycles. The van der Waals surface area contributed by atoms with Gasteiger partial charge in [0.25, 0.3) is 6.07 Å². The van der Waals surface area contributed by atoms with Crippen molar-refractivity contribution in [1.82, 2.24) is 0 Å². The molecule has 1 N–H and O–H groups in total. The molecule has 8 heteroatoms. The monoisotopic (exact) mass is 245 g/mol. The van der Waals surface area contributed by atoms with Crippen LogP contribution in [0, 0.1) is 6.07 Å². The van der Waals surface area contributed by atoms with Crippen molar-refractivity contribution >= 4 is 14.2 Å². The Balaban J connectivity index is 0. The third-order valence-corrected chi connectivity index (χ3v) is 0.177. The van der Waals surface area contributed by atoms with Gasteiger partial charge in [0.05, 0.1) is 6.42 Å². The van der Waals surface area contributed by atoms with Crippen molar-refractivity contribution in [3.63, 3.8) is 0 Å². The molecule has 1 nitrogen and oxygen atoms in total. The summed E-state index contributed by atoms with van der Waals surface area (Å²) in [6.07, 6.45) is 0.736. The van der Waals surface area contributed by atoms with E-state index in [2.05, 4.69) is 6.07 Å². The summed E-state index contributed by atoms with van der Waals surface area (Å²) in [7, 11) is 0. The molecule has 0 aliphatic rings. The van der Waals surface area contributed by atoms with E-state index in [0.717, 1.165) is 6.42 Å². The van der Waals surface area contributed by atoms with Gasteiger partial charge in [-0.05, 0) is 6.92 Å². The molecule has 0 amide bonds. The number of hydrogen-bond acceptors (Lipinski definition) is 0. The zero-order chi connectivity index (χ0) is 9.82. The van der Waals surface area contributed by atoms with Crippen LogP contribution in [-0.4, -0.2) is 14.2 Å². The Morgan fingerprint density at radius 1 is 1.09 bits per heavy atom. The predicted octanol–water partition coefficient (Wildman–Crippen LogP) is 1.31. The molecule has 0 spiro atoms. The summed E-state index contributed by atoms with van der Waals surface area (Å²) in [6, 6.07) is 2.18. The van der Waals surface area contributed by atoms with Gasteiger partial charge in [-0.25, -0.2) is 0 Å². The van der Waals surface area contributed by atoms with Crippen molar-refractivity contribution in [1.29, 1.82) is 0 Å². The second kappa shape index (κ2) is 2.59. The van der Waals surface area contributed by atoms with Crippen molar-refractivity contribution in [2.45, 2.75) is 13.3 Å². The molecular formula is C3H6AsF6N. The summed E-state index contributed by atoms with van der Waals surface area (Å²) < 4.78 is 59.4. The first-order valence-electron chi connectivity index (χ1n) is 2.32. The molecule has 0 aromatic rings. The van der Waals surface area contributed by atoms with Crippen LogP contribution in [0.4, 0.5) is 20.8 Å². The van der Waals surface area contributed by atoms with Gasteiger partial charge in [-0.1, -0.05) is 0 Å². The Morgan fingerprint density at radius 2 is 1.18 bits per heavy atom. The van der Waals surface area contributed by atoms with Crippen molar-refractivity contribution < 1.29 is 26.1 Å². The molecule has 0 radical (unpaired) electrons. The van der Waals surface area contributed by atoms with Gasteiger partial charge in [0, 0.05) is 0 Å². The van der Waals surface area contributed by atoms with Crippen LogP contribution < -0.4 is 5.26 Å². The predicted molar refractivity (Wildman–Crippen MR) is 27.5 cm³/mol. The molecule has 0 aromatic heterocycles. The van der Waals surface area contributed by atoms with Crippen LogP contribution in [0.3, 0.4) is 0 Å². The van der Waals surface area contributed by atoms with Gasteiger partial charge in [-0.3, -0.25) is 0 Å². The van der Waals surface area contributed by atoms with E-state index in [-0.39, 0.29) is 0 Å². The fourth-order valence-corrected chi connectivity index (χ4v) is 0. The number of hydrogen-bond donors (Lipinski definition) is 1. The summed E-state index contributed by atoms with van der Waals surface area (Å²) in [6.45, 7) is 1.88. The molecule has 0 saturated heterocycles. The average molecular weight is 245 g/mol. The fraction of sp³-hybridized carbons (Fsp3) is 0.667. The Hall–Kier alpha value is -0.372. The number of halogens is 6. The molecule has 0 aliphatic carbocycles. The van der Waals surface area contributed by atoms with E-state index in [1.165, 1.54) is 0 Å². The van der Waals surface area contributed by atoms with E-state index < -0.39 is 14.2 Å². The second-order valence-corrected chi connectivity index (χ2v) is 5.51. The van der Waals surface area contributed by atoms with Crippen LogP contribution in [0.5, 0.6) is 0 Å². The van der Waals surface area contributed by atoms with Crippen molar-refractivity contribution in [3.8, 4) is 6.07 Å². The first-order chi connectivity index (χ1) is 4.36. The van der Waals surface area contributed by atoms with Gasteiger partial charge in [0.2, 0.25) is 0 Å². The Labute approximate surface area is 60.5 Å². The van der Waals surface area contributed by atoms with Crippen LogP contribution in [0.2, 0.25) is 0 Å². The van der Waals surface area contributed by atoms with Gasteiger partial charge in [-0.15, -0.1) is 5.26 Å². The number of rotatable bonds is 0. The van der Waals surface area contributed by atoms with Gasteiger partial charge in [0.15, 0.2) is 0 Å². The third kappa shape index (κ3) is 1420. The van der Waals surface area contributed by atoms with Crippen LogP contribution in [0.1, 0.15) is 13.3 Å². The van der Waals surface area contributed by atoms with Crippen molar-refractivity contribution in [2.24, 2.45) is 0 Å². The minimum absolute atomic E-state index is 0.736. The topological polar surface area (TPSA) is 23.8 Å². The normalized spacial score (nSPS) is 16.5. The maximum atomic E-state index is 9.91. The van der Waals surface area contributed by atoms with E-state index in [1.807, 2.05) is 6.92 Å². The standard InChI is InChI=1S/C3H5N.AsF6/c1-2-3-4;2-1(3,4,5,6)7/h2H2,1H3;/q;-1/p+1. The molecular weight excluding hydrogens is 239 g/mol. The van der Waals surface area contributed by atoms with Crippen LogP contribution in [0.15, 0.2) is 0 Å². The molecule has 0 rings (SSSR count). The van der Waals surface area contributed by atoms with E-state index in [4.69, 9.17) is 5.26 Å². The second-order valence-electron chi connectivity index (χ2n) is 1.49.